The van der Waals surface area contributed by atoms with E-state index in [1.165, 1.54) is 11.3 Å². The van der Waals surface area contributed by atoms with Crippen LogP contribution < -0.4 is 5.32 Å². The number of hydrogen-bond donors (Lipinski definition) is 2. The van der Waals surface area contributed by atoms with Gasteiger partial charge in [-0.2, -0.15) is 0 Å². The number of nitrogens with one attached hydrogen (secondary N) is 1. The maximum atomic E-state index is 10.2. The molecule has 1 aromatic heterocycles. The van der Waals surface area contributed by atoms with Gasteiger partial charge in [0, 0.05) is 13.0 Å². The first kappa shape index (κ1) is 10.9. The van der Waals surface area contributed by atoms with Gasteiger partial charge >= 0.3 is 5.97 Å². The lowest BCUT2D eigenvalue weighted by atomic mass is 10.2. The number of carbonyl (C=O) groups is 1. The Kier molecular flexibility index (Phi) is 4.92. The largest absolute Gasteiger partial charge is 0.481 e. The molecule has 0 saturated heterocycles. The van der Waals surface area contributed by atoms with Crippen molar-refractivity contribution in [2.45, 2.75) is 25.7 Å². The molecule has 5 nitrogen and oxygen atoms in total. The summed E-state index contributed by atoms with van der Waals surface area (Å²) in [6.45, 7) is 0.828. The van der Waals surface area contributed by atoms with E-state index in [4.69, 9.17) is 5.11 Å². The van der Waals surface area contributed by atoms with Gasteiger partial charge in [0.1, 0.15) is 5.51 Å². The Morgan fingerprint density at radius 3 is 3.00 bits per heavy atom. The SMILES string of the molecule is O=C(O)CCCCCNc1nncs1. The monoisotopic (exact) mass is 215 g/mol. The van der Waals surface area contributed by atoms with Gasteiger partial charge in [0.05, 0.1) is 0 Å². The molecule has 0 aliphatic rings. The molecule has 0 atom stereocenters. The Labute approximate surface area is 86.2 Å². The van der Waals surface area contributed by atoms with Gasteiger partial charge in [0.25, 0.3) is 0 Å². The molecule has 1 heterocycles. The molecule has 0 fully saturated rings. The Bertz CT molecular complexity index is 264. The molecular weight excluding hydrogens is 202 g/mol. The normalized spacial score (nSPS) is 10.0. The highest BCUT2D eigenvalue weighted by atomic mass is 32.1. The van der Waals surface area contributed by atoms with Crippen molar-refractivity contribution in [2.75, 3.05) is 11.9 Å². The summed E-state index contributed by atoms with van der Waals surface area (Å²) in [5.41, 5.74) is 1.67. The van der Waals surface area contributed by atoms with Crippen LogP contribution in [0.2, 0.25) is 0 Å². The second-order valence-corrected chi connectivity index (χ2v) is 3.71. The third kappa shape index (κ3) is 4.76. The van der Waals surface area contributed by atoms with Gasteiger partial charge in [-0.05, 0) is 12.8 Å². The number of aliphatic carboxylic acids is 1. The summed E-state index contributed by atoms with van der Waals surface area (Å²) >= 11 is 1.46. The second-order valence-electron chi connectivity index (χ2n) is 2.88. The van der Waals surface area contributed by atoms with Crippen molar-refractivity contribution < 1.29 is 9.90 Å². The molecule has 0 radical (unpaired) electrons. The molecule has 0 saturated carbocycles. The first-order valence-electron chi connectivity index (χ1n) is 4.51. The lowest BCUT2D eigenvalue weighted by Gasteiger charge is -2.00. The Hall–Kier alpha value is -1.17. The highest BCUT2D eigenvalue weighted by molar-refractivity contribution is 7.13. The highest BCUT2D eigenvalue weighted by Crippen LogP contribution is 2.08. The van der Waals surface area contributed by atoms with Crippen molar-refractivity contribution in [1.82, 2.24) is 10.2 Å². The van der Waals surface area contributed by atoms with Crippen LogP contribution in [0.3, 0.4) is 0 Å². The van der Waals surface area contributed by atoms with Gasteiger partial charge in [-0.3, -0.25) is 4.79 Å². The van der Waals surface area contributed by atoms with Gasteiger partial charge in [0.2, 0.25) is 5.13 Å². The Morgan fingerprint density at radius 2 is 2.36 bits per heavy atom. The molecule has 6 heteroatoms. The number of hydrogen-bond acceptors (Lipinski definition) is 5. The predicted molar refractivity (Wildman–Crippen MR) is 54.5 cm³/mol. The topological polar surface area (TPSA) is 75.1 Å². The molecule has 1 aromatic rings. The molecule has 2 N–H and O–H groups in total. The number of unbranched alkanes of at least 4 members (excludes halogenated alkanes) is 2. The lowest BCUT2D eigenvalue weighted by molar-refractivity contribution is -0.137. The van der Waals surface area contributed by atoms with Crippen LogP contribution in [0.25, 0.3) is 0 Å². The number of carboxylic acids is 1. The zero-order valence-corrected chi connectivity index (χ0v) is 8.59. The average molecular weight is 215 g/mol. The van der Waals surface area contributed by atoms with E-state index in [2.05, 4.69) is 15.5 Å². The quantitative estimate of drug-likeness (QED) is 0.676. The van der Waals surface area contributed by atoms with E-state index >= 15 is 0 Å². The number of carboxylic acid groups (broad SMARTS) is 1. The van der Waals surface area contributed by atoms with Crippen LogP contribution in [0.15, 0.2) is 5.51 Å². The zero-order chi connectivity index (χ0) is 10.2. The van der Waals surface area contributed by atoms with Crippen LogP contribution in [0, 0.1) is 0 Å². The van der Waals surface area contributed by atoms with E-state index in [1.807, 2.05) is 0 Å². The summed E-state index contributed by atoms with van der Waals surface area (Å²) in [6, 6.07) is 0. The minimum absolute atomic E-state index is 0.263. The predicted octanol–water partition coefficient (Wildman–Crippen LogP) is 1.59. The summed E-state index contributed by atoms with van der Waals surface area (Å²) < 4.78 is 0. The third-order valence-electron chi connectivity index (χ3n) is 1.70. The van der Waals surface area contributed by atoms with Crippen molar-refractivity contribution in [3.8, 4) is 0 Å². The van der Waals surface area contributed by atoms with E-state index in [0.29, 0.717) is 0 Å². The van der Waals surface area contributed by atoms with E-state index in [1.54, 1.807) is 5.51 Å². The minimum Gasteiger partial charge on any atom is -0.481 e. The third-order valence-corrected chi connectivity index (χ3v) is 2.35. The van der Waals surface area contributed by atoms with Crippen molar-refractivity contribution >= 4 is 22.4 Å². The molecule has 0 amide bonds. The molecule has 1 rings (SSSR count). The fourth-order valence-corrected chi connectivity index (χ4v) is 1.50. The van der Waals surface area contributed by atoms with Crippen LogP contribution in [0.1, 0.15) is 25.7 Å². The van der Waals surface area contributed by atoms with Gasteiger partial charge in [-0.1, -0.05) is 17.8 Å². The van der Waals surface area contributed by atoms with E-state index in [9.17, 15) is 4.79 Å². The van der Waals surface area contributed by atoms with E-state index < -0.39 is 5.97 Å². The van der Waals surface area contributed by atoms with Gasteiger partial charge in [-0.25, -0.2) is 0 Å². The fourth-order valence-electron chi connectivity index (χ4n) is 1.02. The standard InChI is InChI=1S/C8H13N3O2S/c12-7(13)4-2-1-3-5-9-8-11-10-6-14-8/h6H,1-5H2,(H,9,11)(H,12,13). The summed E-state index contributed by atoms with van der Waals surface area (Å²) in [5, 5.41) is 19.8. The van der Waals surface area contributed by atoms with E-state index in [0.717, 1.165) is 30.9 Å². The van der Waals surface area contributed by atoms with Gasteiger partial charge in [-0.15, -0.1) is 10.2 Å². The van der Waals surface area contributed by atoms with Crippen LogP contribution in [0.5, 0.6) is 0 Å². The van der Waals surface area contributed by atoms with Crippen LogP contribution in [-0.4, -0.2) is 27.8 Å². The maximum absolute atomic E-state index is 10.2. The highest BCUT2D eigenvalue weighted by Gasteiger charge is 1.97. The van der Waals surface area contributed by atoms with Crippen LogP contribution >= 0.6 is 11.3 Å². The average Bonchev–Trinajstić information content (AvgIpc) is 2.63. The van der Waals surface area contributed by atoms with Crippen molar-refractivity contribution in [1.29, 1.82) is 0 Å². The van der Waals surface area contributed by atoms with Gasteiger partial charge < -0.3 is 10.4 Å². The molecular formula is C8H13N3O2S. The molecule has 0 aliphatic heterocycles. The first-order chi connectivity index (χ1) is 6.79. The summed E-state index contributed by atoms with van der Waals surface area (Å²) in [5.74, 6) is -0.720. The van der Waals surface area contributed by atoms with Crippen molar-refractivity contribution in [3.05, 3.63) is 5.51 Å². The summed E-state index contributed by atoms with van der Waals surface area (Å²) in [4.78, 5) is 10.2. The first-order valence-corrected chi connectivity index (χ1v) is 5.39. The van der Waals surface area contributed by atoms with E-state index in [-0.39, 0.29) is 6.42 Å². The molecule has 0 aromatic carbocycles. The summed E-state index contributed by atoms with van der Waals surface area (Å²) in [7, 11) is 0. The fraction of sp³-hybridized carbons (Fsp3) is 0.625. The number of anilines is 1. The zero-order valence-electron chi connectivity index (χ0n) is 7.77. The van der Waals surface area contributed by atoms with Crippen LogP contribution in [0.4, 0.5) is 5.13 Å². The van der Waals surface area contributed by atoms with Crippen LogP contribution in [-0.2, 0) is 4.79 Å². The smallest absolute Gasteiger partial charge is 0.303 e. The molecule has 0 aliphatic carbocycles. The van der Waals surface area contributed by atoms with Gasteiger partial charge in [0.15, 0.2) is 0 Å². The second kappa shape index (κ2) is 6.31. The molecule has 0 unspecified atom stereocenters. The number of rotatable bonds is 7. The molecule has 78 valence electrons. The molecule has 0 bridgehead atoms. The number of nitrogens with zero attached hydrogens (tertiary/aromatic N) is 2. The minimum atomic E-state index is -0.720. The Morgan fingerprint density at radius 1 is 1.50 bits per heavy atom. The molecule has 14 heavy (non-hydrogen) atoms. The number of aromatic nitrogens is 2. The molecule has 0 spiro atoms. The summed E-state index contributed by atoms with van der Waals surface area (Å²) in [6.07, 6.45) is 2.90. The Balaban J connectivity index is 1.92. The lowest BCUT2D eigenvalue weighted by Crippen LogP contribution is -2.01. The van der Waals surface area contributed by atoms with Crippen molar-refractivity contribution in [2.24, 2.45) is 0 Å². The maximum Gasteiger partial charge on any atom is 0.303 e. The van der Waals surface area contributed by atoms with Crippen molar-refractivity contribution in [3.63, 3.8) is 0 Å².